The van der Waals surface area contributed by atoms with E-state index in [0.717, 1.165) is 35.2 Å². The summed E-state index contributed by atoms with van der Waals surface area (Å²) >= 11 is 0. The van der Waals surface area contributed by atoms with Crippen LogP contribution < -0.4 is 10.6 Å². The molecular formula is C23H26N4O. The molecule has 1 aromatic heterocycles. The molecule has 1 atom stereocenters. The molecule has 0 radical (unpaired) electrons. The van der Waals surface area contributed by atoms with Crippen LogP contribution in [0.4, 0.5) is 11.6 Å². The first-order valence-corrected chi connectivity index (χ1v) is 9.69. The molecular weight excluding hydrogens is 348 g/mol. The van der Waals surface area contributed by atoms with E-state index in [-0.39, 0.29) is 11.9 Å². The van der Waals surface area contributed by atoms with Crippen molar-refractivity contribution in [2.75, 3.05) is 10.6 Å². The second kappa shape index (κ2) is 9.13. The highest BCUT2D eigenvalue weighted by Gasteiger charge is 2.14. The van der Waals surface area contributed by atoms with E-state index in [4.69, 9.17) is 0 Å². The van der Waals surface area contributed by atoms with E-state index in [1.54, 1.807) is 12.3 Å². The van der Waals surface area contributed by atoms with Gasteiger partial charge >= 0.3 is 0 Å². The third-order valence-corrected chi connectivity index (χ3v) is 4.77. The minimum Gasteiger partial charge on any atom is -0.348 e. The van der Waals surface area contributed by atoms with Gasteiger partial charge in [-0.25, -0.2) is 9.97 Å². The van der Waals surface area contributed by atoms with Crippen LogP contribution in [-0.4, -0.2) is 15.9 Å². The second-order valence-electron chi connectivity index (χ2n) is 6.65. The Morgan fingerprint density at radius 3 is 2.29 bits per heavy atom. The third kappa shape index (κ3) is 4.55. The molecule has 28 heavy (non-hydrogen) atoms. The first-order valence-electron chi connectivity index (χ1n) is 9.69. The molecule has 1 unspecified atom stereocenters. The highest BCUT2D eigenvalue weighted by atomic mass is 16.1. The predicted molar refractivity (Wildman–Crippen MR) is 114 cm³/mol. The maximum absolute atomic E-state index is 12.8. The fourth-order valence-corrected chi connectivity index (χ4v) is 3.15. The molecule has 0 aliphatic carbocycles. The van der Waals surface area contributed by atoms with Gasteiger partial charge in [-0.2, -0.15) is 0 Å². The lowest BCUT2D eigenvalue weighted by atomic mass is 10.0. The molecule has 3 rings (SSSR count). The summed E-state index contributed by atoms with van der Waals surface area (Å²) in [5.41, 5.74) is 4.61. The maximum Gasteiger partial charge on any atom is 0.274 e. The smallest absolute Gasteiger partial charge is 0.274 e. The van der Waals surface area contributed by atoms with Gasteiger partial charge in [-0.3, -0.25) is 4.79 Å². The first-order chi connectivity index (χ1) is 13.6. The molecule has 0 saturated carbocycles. The zero-order valence-corrected chi connectivity index (χ0v) is 16.6. The van der Waals surface area contributed by atoms with Crippen molar-refractivity contribution in [3.63, 3.8) is 0 Å². The highest BCUT2D eigenvalue weighted by molar-refractivity contribution is 6.03. The van der Waals surface area contributed by atoms with Gasteiger partial charge in [0.05, 0.1) is 6.04 Å². The van der Waals surface area contributed by atoms with Gasteiger partial charge in [-0.05, 0) is 42.5 Å². The number of anilines is 2. The van der Waals surface area contributed by atoms with Gasteiger partial charge < -0.3 is 10.6 Å². The topological polar surface area (TPSA) is 66.9 Å². The van der Waals surface area contributed by atoms with E-state index in [9.17, 15) is 4.79 Å². The van der Waals surface area contributed by atoms with E-state index in [0.29, 0.717) is 11.6 Å². The van der Waals surface area contributed by atoms with Crippen molar-refractivity contribution in [1.82, 2.24) is 9.97 Å². The zero-order chi connectivity index (χ0) is 19.9. The molecule has 1 heterocycles. The standard InChI is InChI=1S/C23H26N4O/c1-4-17-12-9-13-18(5-2)21(17)27-22(28)20-14-15-24-23(26-20)25-16(3)19-10-7-6-8-11-19/h6-16H,4-5H2,1-3H3,(H,27,28)(H,24,25,26). The SMILES string of the molecule is CCc1cccc(CC)c1NC(=O)c1ccnc(NC(C)c2ccccc2)n1. The van der Waals surface area contributed by atoms with Gasteiger partial charge in [0, 0.05) is 11.9 Å². The summed E-state index contributed by atoms with van der Waals surface area (Å²) in [7, 11) is 0. The van der Waals surface area contributed by atoms with Gasteiger partial charge in [0.1, 0.15) is 5.69 Å². The van der Waals surface area contributed by atoms with Crippen molar-refractivity contribution in [3.8, 4) is 0 Å². The van der Waals surface area contributed by atoms with Gasteiger partial charge in [0.2, 0.25) is 5.95 Å². The van der Waals surface area contributed by atoms with Crippen molar-refractivity contribution >= 4 is 17.5 Å². The predicted octanol–water partition coefficient (Wildman–Crippen LogP) is 5.03. The molecule has 1 amide bonds. The number of rotatable bonds is 7. The molecule has 0 fully saturated rings. The lowest BCUT2D eigenvalue weighted by molar-refractivity contribution is 0.102. The number of nitrogens with one attached hydrogen (secondary N) is 2. The van der Waals surface area contributed by atoms with Crippen molar-refractivity contribution < 1.29 is 4.79 Å². The Morgan fingerprint density at radius 2 is 1.64 bits per heavy atom. The summed E-state index contributed by atoms with van der Waals surface area (Å²) in [6.45, 7) is 6.21. The molecule has 5 nitrogen and oxygen atoms in total. The molecule has 5 heteroatoms. The summed E-state index contributed by atoms with van der Waals surface area (Å²) in [5.74, 6) is 0.205. The van der Waals surface area contributed by atoms with Gasteiger partial charge in [0.25, 0.3) is 5.91 Å². The lowest BCUT2D eigenvalue weighted by Crippen LogP contribution is -2.18. The number of benzene rings is 2. The van der Waals surface area contributed by atoms with Gasteiger partial charge in [-0.1, -0.05) is 62.4 Å². The number of hydrogen-bond donors (Lipinski definition) is 2. The summed E-state index contributed by atoms with van der Waals surface area (Å²) in [6, 6.07) is 17.8. The van der Waals surface area contributed by atoms with Crippen LogP contribution in [-0.2, 0) is 12.8 Å². The molecule has 2 N–H and O–H groups in total. The zero-order valence-electron chi connectivity index (χ0n) is 16.6. The van der Waals surface area contributed by atoms with Gasteiger partial charge in [0.15, 0.2) is 0 Å². The fourth-order valence-electron chi connectivity index (χ4n) is 3.15. The summed E-state index contributed by atoms with van der Waals surface area (Å²) in [5, 5.41) is 6.31. The average Bonchev–Trinajstić information content (AvgIpc) is 2.74. The van der Waals surface area contributed by atoms with E-state index in [1.807, 2.05) is 55.5 Å². The normalized spacial score (nSPS) is 11.7. The highest BCUT2D eigenvalue weighted by Crippen LogP contribution is 2.23. The number of para-hydroxylation sites is 1. The van der Waals surface area contributed by atoms with Crippen LogP contribution in [0.5, 0.6) is 0 Å². The second-order valence-corrected chi connectivity index (χ2v) is 6.65. The van der Waals surface area contributed by atoms with Gasteiger partial charge in [-0.15, -0.1) is 0 Å². The van der Waals surface area contributed by atoms with Crippen LogP contribution in [0.3, 0.4) is 0 Å². The number of carbonyl (C=O) groups excluding carboxylic acids is 1. The number of nitrogens with zero attached hydrogens (tertiary/aromatic N) is 2. The number of aromatic nitrogens is 2. The summed E-state index contributed by atoms with van der Waals surface area (Å²) in [4.78, 5) is 21.5. The van der Waals surface area contributed by atoms with E-state index >= 15 is 0 Å². The minimum absolute atomic E-state index is 0.0343. The van der Waals surface area contributed by atoms with E-state index in [1.165, 1.54) is 0 Å². The fraction of sp³-hybridized carbons (Fsp3) is 0.261. The maximum atomic E-state index is 12.8. The van der Waals surface area contributed by atoms with Crippen LogP contribution in [0, 0.1) is 0 Å². The molecule has 0 aliphatic rings. The number of aryl methyl sites for hydroxylation is 2. The first kappa shape index (κ1) is 19.5. The van der Waals surface area contributed by atoms with Crippen molar-refractivity contribution in [3.05, 3.63) is 83.2 Å². The van der Waals surface area contributed by atoms with Crippen LogP contribution in [0.2, 0.25) is 0 Å². The number of hydrogen-bond acceptors (Lipinski definition) is 4. The minimum atomic E-state index is -0.228. The summed E-state index contributed by atoms with van der Waals surface area (Å²) in [6.07, 6.45) is 3.32. The van der Waals surface area contributed by atoms with Crippen LogP contribution in [0.15, 0.2) is 60.8 Å². The Labute approximate surface area is 166 Å². The van der Waals surface area contributed by atoms with E-state index in [2.05, 4.69) is 34.4 Å². The molecule has 144 valence electrons. The van der Waals surface area contributed by atoms with Crippen LogP contribution in [0.25, 0.3) is 0 Å². The number of carbonyl (C=O) groups is 1. The quantitative estimate of drug-likeness (QED) is 0.609. The average molecular weight is 374 g/mol. The molecule has 0 bridgehead atoms. The summed E-state index contributed by atoms with van der Waals surface area (Å²) < 4.78 is 0. The Hall–Kier alpha value is -3.21. The van der Waals surface area contributed by atoms with E-state index < -0.39 is 0 Å². The lowest BCUT2D eigenvalue weighted by Gasteiger charge is -2.16. The van der Waals surface area contributed by atoms with Crippen molar-refractivity contribution in [2.45, 2.75) is 39.7 Å². The Morgan fingerprint density at radius 1 is 0.964 bits per heavy atom. The monoisotopic (exact) mass is 374 g/mol. The molecule has 0 spiro atoms. The largest absolute Gasteiger partial charge is 0.348 e. The number of amides is 1. The van der Waals surface area contributed by atoms with Crippen LogP contribution in [0.1, 0.15) is 54.0 Å². The van der Waals surface area contributed by atoms with Crippen molar-refractivity contribution in [1.29, 1.82) is 0 Å². The van der Waals surface area contributed by atoms with Crippen LogP contribution >= 0.6 is 0 Å². The Kier molecular flexibility index (Phi) is 6.37. The molecule has 0 aliphatic heterocycles. The molecule has 2 aromatic carbocycles. The van der Waals surface area contributed by atoms with Crippen molar-refractivity contribution in [2.24, 2.45) is 0 Å². The Bertz CT molecular complexity index is 918. The molecule has 3 aromatic rings. The third-order valence-electron chi connectivity index (χ3n) is 4.77. The Balaban J connectivity index is 1.78. The molecule has 0 saturated heterocycles.